The fraction of sp³-hybridized carbons (Fsp3) is 0.350. The second kappa shape index (κ2) is 8.27. The summed E-state index contributed by atoms with van der Waals surface area (Å²) in [5.74, 6) is -0.220. The van der Waals surface area contributed by atoms with E-state index in [1.165, 1.54) is 11.1 Å². The van der Waals surface area contributed by atoms with E-state index in [1.54, 1.807) is 11.3 Å². The quantitative estimate of drug-likeness (QED) is 0.606. The van der Waals surface area contributed by atoms with Crippen molar-refractivity contribution < 1.29 is 4.79 Å². The standard InChI is InChI=1S/C20H24N4OS/c1-14-8-10-16(11-9-14)18-13-26-20(23-18)24-15(2)17(12-22-24)6-4-3-5-7-19(21)25/h8-13H,3-7H2,1-2H3,(H2,21,25). The maximum atomic E-state index is 10.8. The molecule has 0 unspecified atom stereocenters. The first kappa shape index (κ1) is 18.3. The minimum Gasteiger partial charge on any atom is -0.370 e. The van der Waals surface area contributed by atoms with Crippen LogP contribution in [0, 0.1) is 13.8 Å². The number of aryl methyl sites for hydroxylation is 2. The molecule has 1 aromatic carbocycles. The van der Waals surface area contributed by atoms with Gasteiger partial charge < -0.3 is 5.73 Å². The highest BCUT2D eigenvalue weighted by Gasteiger charge is 2.12. The number of hydrogen-bond acceptors (Lipinski definition) is 4. The minimum atomic E-state index is -0.220. The lowest BCUT2D eigenvalue weighted by Crippen LogP contribution is -2.09. The zero-order valence-corrected chi connectivity index (χ0v) is 16.1. The highest BCUT2D eigenvalue weighted by Crippen LogP contribution is 2.25. The van der Waals surface area contributed by atoms with Crippen molar-refractivity contribution in [3.8, 4) is 16.4 Å². The van der Waals surface area contributed by atoms with Gasteiger partial charge in [0.15, 0.2) is 0 Å². The molecule has 6 heteroatoms. The molecule has 0 aliphatic rings. The van der Waals surface area contributed by atoms with Crippen LogP contribution in [0.2, 0.25) is 0 Å². The number of nitrogens with two attached hydrogens (primary N) is 1. The molecule has 0 radical (unpaired) electrons. The zero-order chi connectivity index (χ0) is 18.5. The van der Waals surface area contributed by atoms with Gasteiger partial charge >= 0.3 is 0 Å². The Balaban J connectivity index is 1.66. The maximum Gasteiger partial charge on any atom is 0.217 e. The summed E-state index contributed by atoms with van der Waals surface area (Å²) in [6.45, 7) is 4.16. The van der Waals surface area contributed by atoms with Gasteiger partial charge in [0, 0.05) is 23.1 Å². The number of hydrogen-bond donors (Lipinski definition) is 1. The summed E-state index contributed by atoms with van der Waals surface area (Å²) in [4.78, 5) is 15.5. The van der Waals surface area contributed by atoms with E-state index in [-0.39, 0.29) is 5.91 Å². The van der Waals surface area contributed by atoms with Gasteiger partial charge in [-0.15, -0.1) is 11.3 Å². The van der Waals surface area contributed by atoms with Crippen LogP contribution in [0.1, 0.15) is 42.5 Å². The second-order valence-electron chi connectivity index (χ2n) is 6.58. The molecule has 1 amide bonds. The highest BCUT2D eigenvalue weighted by atomic mass is 32.1. The van der Waals surface area contributed by atoms with Crippen molar-refractivity contribution in [2.24, 2.45) is 5.73 Å². The first-order chi connectivity index (χ1) is 12.5. The lowest BCUT2D eigenvalue weighted by molar-refractivity contribution is -0.118. The van der Waals surface area contributed by atoms with E-state index in [2.05, 4.69) is 48.6 Å². The van der Waals surface area contributed by atoms with Gasteiger partial charge in [-0.25, -0.2) is 9.67 Å². The number of carbonyl (C=O) groups is 1. The monoisotopic (exact) mass is 368 g/mol. The molecule has 3 rings (SSSR count). The van der Waals surface area contributed by atoms with Crippen LogP contribution in [-0.2, 0) is 11.2 Å². The maximum absolute atomic E-state index is 10.8. The molecule has 2 aromatic heterocycles. The van der Waals surface area contributed by atoms with E-state index in [0.29, 0.717) is 6.42 Å². The molecule has 0 saturated heterocycles. The van der Waals surface area contributed by atoms with E-state index in [9.17, 15) is 4.79 Å². The molecule has 0 saturated carbocycles. The fourth-order valence-corrected chi connectivity index (χ4v) is 3.73. The average molecular weight is 369 g/mol. The van der Waals surface area contributed by atoms with Crippen molar-refractivity contribution >= 4 is 17.2 Å². The average Bonchev–Trinajstić information content (AvgIpc) is 3.22. The molecule has 0 aliphatic carbocycles. The molecule has 136 valence electrons. The third kappa shape index (κ3) is 4.38. The third-order valence-electron chi connectivity index (χ3n) is 4.50. The molecule has 2 N–H and O–H groups in total. The van der Waals surface area contributed by atoms with E-state index >= 15 is 0 Å². The molecule has 0 spiro atoms. The van der Waals surface area contributed by atoms with Crippen molar-refractivity contribution in [3.05, 3.63) is 52.7 Å². The van der Waals surface area contributed by atoms with Gasteiger partial charge in [0.2, 0.25) is 11.0 Å². The van der Waals surface area contributed by atoms with Crippen LogP contribution in [0.3, 0.4) is 0 Å². The lowest BCUT2D eigenvalue weighted by atomic mass is 10.1. The highest BCUT2D eigenvalue weighted by molar-refractivity contribution is 7.12. The zero-order valence-electron chi connectivity index (χ0n) is 15.2. The third-order valence-corrected chi connectivity index (χ3v) is 5.32. The number of amides is 1. The van der Waals surface area contributed by atoms with Gasteiger partial charge in [-0.1, -0.05) is 36.2 Å². The van der Waals surface area contributed by atoms with Crippen molar-refractivity contribution in [1.29, 1.82) is 0 Å². The summed E-state index contributed by atoms with van der Waals surface area (Å²) in [6.07, 6.45) is 6.25. The molecule has 0 aliphatic heterocycles. The largest absolute Gasteiger partial charge is 0.370 e. The number of benzene rings is 1. The van der Waals surface area contributed by atoms with Crippen LogP contribution in [0.15, 0.2) is 35.8 Å². The minimum absolute atomic E-state index is 0.220. The summed E-state index contributed by atoms with van der Waals surface area (Å²) >= 11 is 1.60. The SMILES string of the molecule is Cc1ccc(-c2csc(-n3ncc(CCCCCC(N)=O)c3C)n2)cc1. The fourth-order valence-electron chi connectivity index (χ4n) is 2.89. The van der Waals surface area contributed by atoms with Gasteiger partial charge in [-0.2, -0.15) is 5.10 Å². The first-order valence-electron chi connectivity index (χ1n) is 8.89. The number of unbranched alkanes of at least 4 members (excludes halogenated alkanes) is 2. The Morgan fingerprint density at radius 3 is 2.65 bits per heavy atom. The van der Waals surface area contributed by atoms with Crippen LogP contribution in [0.5, 0.6) is 0 Å². The van der Waals surface area contributed by atoms with Crippen molar-refractivity contribution in [3.63, 3.8) is 0 Å². The Morgan fingerprint density at radius 2 is 1.92 bits per heavy atom. The predicted octanol–water partition coefficient (Wildman–Crippen LogP) is 4.20. The van der Waals surface area contributed by atoms with Gasteiger partial charge in [-0.3, -0.25) is 4.79 Å². The van der Waals surface area contributed by atoms with E-state index < -0.39 is 0 Å². The van der Waals surface area contributed by atoms with E-state index in [1.807, 2.05) is 10.9 Å². The molecular formula is C20H24N4OS. The lowest BCUT2D eigenvalue weighted by Gasteiger charge is -2.02. The summed E-state index contributed by atoms with van der Waals surface area (Å²) in [5, 5.41) is 7.49. The Bertz CT molecular complexity index is 880. The van der Waals surface area contributed by atoms with Gasteiger partial charge in [0.05, 0.1) is 11.9 Å². The molecular weight excluding hydrogens is 344 g/mol. The Kier molecular flexibility index (Phi) is 5.83. The number of rotatable bonds is 8. The van der Waals surface area contributed by atoms with Gasteiger partial charge in [0.1, 0.15) is 0 Å². The molecule has 0 fully saturated rings. The smallest absolute Gasteiger partial charge is 0.217 e. The van der Waals surface area contributed by atoms with Crippen LogP contribution < -0.4 is 5.73 Å². The number of aromatic nitrogens is 3. The number of nitrogens with zero attached hydrogens (tertiary/aromatic N) is 3. The number of thiazole rings is 1. The van der Waals surface area contributed by atoms with Crippen LogP contribution in [0.4, 0.5) is 0 Å². The van der Waals surface area contributed by atoms with Crippen molar-refractivity contribution in [2.75, 3.05) is 0 Å². The summed E-state index contributed by atoms with van der Waals surface area (Å²) in [6, 6.07) is 8.40. The van der Waals surface area contributed by atoms with E-state index in [4.69, 9.17) is 10.7 Å². The summed E-state index contributed by atoms with van der Waals surface area (Å²) < 4.78 is 1.92. The van der Waals surface area contributed by atoms with Gasteiger partial charge in [-0.05, 0) is 38.7 Å². The second-order valence-corrected chi connectivity index (χ2v) is 7.41. The van der Waals surface area contributed by atoms with Crippen LogP contribution in [0.25, 0.3) is 16.4 Å². The van der Waals surface area contributed by atoms with Crippen molar-refractivity contribution in [2.45, 2.75) is 46.0 Å². The van der Waals surface area contributed by atoms with Crippen molar-refractivity contribution in [1.82, 2.24) is 14.8 Å². The van der Waals surface area contributed by atoms with Crippen LogP contribution >= 0.6 is 11.3 Å². The molecule has 2 heterocycles. The van der Waals surface area contributed by atoms with E-state index in [0.717, 1.165) is 47.8 Å². The Hall–Kier alpha value is -2.47. The van der Waals surface area contributed by atoms with Crippen LogP contribution in [-0.4, -0.2) is 20.7 Å². The Labute approximate surface area is 157 Å². The Morgan fingerprint density at radius 1 is 1.15 bits per heavy atom. The normalized spacial score (nSPS) is 11.0. The molecule has 5 nitrogen and oxygen atoms in total. The topological polar surface area (TPSA) is 73.8 Å². The van der Waals surface area contributed by atoms with Gasteiger partial charge in [0.25, 0.3) is 0 Å². The summed E-state index contributed by atoms with van der Waals surface area (Å²) in [7, 11) is 0. The summed E-state index contributed by atoms with van der Waals surface area (Å²) in [5.41, 5.74) is 10.9. The molecule has 3 aromatic rings. The molecule has 0 atom stereocenters. The molecule has 26 heavy (non-hydrogen) atoms. The first-order valence-corrected chi connectivity index (χ1v) is 9.77. The predicted molar refractivity (Wildman–Crippen MR) is 106 cm³/mol. The number of carbonyl (C=O) groups excluding carboxylic acids is 1. The molecule has 0 bridgehead atoms. The number of primary amides is 1.